The summed E-state index contributed by atoms with van der Waals surface area (Å²) in [6.45, 7) is 1.74. The molecule has 0 radical (unpaired) electrons. The monoisotopic (exact) mass is 392 g/mol. The zero-order valence-corrected chi connectivity index (χ0v) is 15.4. The number of benzene rings is 2. The first-order valence-electron chi connectivity index (χ1n) is 8.63. The van der Waals surface area contributed by atoms with Gasteiger partial charge in [0.05, 0.1) is 11.1 Å². The third-order valence-corrected chi connectivity index (χ3v) is 4.08. The second-order valence-electron chi connectivity index (χ2n) is 6.11. The van der Waals surface area contributed by atoms with Crippen LogP contribution in [0, 0.1) is 12.7 Å². The van der Waals surface area contributed by atoms with Gasteiger partial charge in [-0.2, -0.15) is 0 Å². The van der Waals surface area contributed by atoms with E-state index in [2.05, 4.69) is 21.2 Å². The highest BCUT2D eigenvalue weighted by Crippen LogP contribution is 2.19. The lowest BCUT2D eigenvalue weighted by Gasteiger charge is -2.12. The van der Waals surface area contributed by atoms with Crippen molar-refractivity contribution in [3.05, 3.63) is 95.1 Å². The summed E-state index contributed by atoms with van der Waals surface area (Å²) in [5, 5.41) is 2.60. The van der Waals surface area contributed by atoms with E-state index in [9.17, 15) is 18.8 Å². The molecule has 3 rings (SSSR count). The Bertz CT molecular complexity index is 1070. The molecule has 8 heteroatoms. The minimum Gasteiger partial charge on any atom is -0.322 e. The number of anilines is 1. The average Bonchev–Trinajstić information content (AvgIpc) is 2.74. The predicted octanol–water partition coefficient (Wildman–Crippen LogP) is 2.86. The highest BCUT2D eigenvalue weighted by atomic mass is 19.1. The Morgan fingerprint density at radius 1 is 0.862 bits per heavy atom. The Hall–Kier alpha value is -4.07. The molecule has 0 aliphatic rings. The fourth-order valence-electron chi connectivity index (χ4n) is 2.49. The second kappa shape index (κ2) is 8.75. The van der Waals surface area contributed by atoms with Crippen LogP contribution in [0.5, 0.6) is 0 Å². The summed E-state index contributed by atoms with van der Waals surface area (Å²) in [6, 6.07) is 13.4. The lowest BCUT2D eigenvalue weighted by Crippen LogP contribution is -2.41. The highest BCUT2D eigenvalue weighted by molar-refractivity contribution is 6.06. The summed E-state index contributed by atoms with van der Waals surface area (Å²) >= 11 is 0. The van der Waals surface area contributed by atoms with Crippen LogP contribution in [0.25, 0.3) is 0 Å². The van der Waals surface area contributed by atoms with Crippen LogP contribution in [-0.2, 0) is 0 Å². The molecule has 0 unspecified atom stereocenters. The van der Waals surface area contributed by atoms with Gasteiger partial charge in [0.15, 0.2) is 0 Å². The second-order valence-corrected chi connectivity index (χ2v) is 6.11. The predicted molar refractivity (Wildman–Crippen MR) is 105 cm³/mol. The van der Waals surface area contributed by atoms with Gasteiger partial charge in [-0.25, -0.2) is 4.39 Å². The molecule has 2 aromatic carbocycles. The number of rotatable bonds is 4. The van der Waals surface area contributed by atoms with Crippen molar-refractivity contribution >= 4 is 23.4 Å². The molecule has 1 heterocycles. The van der Waals surface area contributed by atoms with Gasteiger partial charge in [-0.1, -0.05) is 18.2 Å². The van der Waals surface area contributed by atoms with Crippen LogP contribution in [0.1, 0.15) is 36.6 Å². The van der Waals surface area contributed by atoms with E-state index < -0.39 is 23.5 Å². The molecule has 0 bridgehead atoms. The lowest BCUT2D eigenvalue weighted by molar-refractivity contribution is 0.0846. The molecular weight excluding hydrogens is 375 g/mol. The van der Waals surface area contributed by atoms with Crippen LogP contribution in [0.4, 0.5) is 10.1 Å². The molecule has 0 aliphatic carbocycles. The minimum absolute atomic E-state index is 0.106. The van der Waals surface area contributed by atoms with Crippen LogP contribution >= 0.6 is 0 Å². The van der Waals surface area contributed by atoms with E-state index in [4.69, 9.17) is 0 Å². The number of carbonyl (C=O) groups excluding carboxylic acids is 3. The van der Waals surface area contributed by atoms with Gasteiger partial charge in [0.2, 0.25) is 0 Å². The van der Waals surface area contributed by atoms with Gasteiger partial charge >= 0.3 is 0 Å². The maximum absolute atomic E-state index is 13.8. The number of aromatic nitrogens is 1. The minimum atomic E-state index is -0.644. The number of hydrogen-bond acceptors (Lipinski definition) is 4. The standard InChI is InChI=1S/C21H17FN4O3/c1-13-8-9-14(19(27)25-26-20(28)15-5-4-10-23-12-15)11-18(13)24-21(29)16-6-2-3-7-17(16)22/h2-12H,1H3,(H,24,29)(H,25,27)(H,26,28). The smallest absolute Gasteiger partial charge is 0.271 e. The number of nitrogens with one attached hydrogen (secondary N) is 3. The van der Waals surface area contributed by atoms with Crippen LogP contribution < -0.4 is 16.2 Å². The van der Waals surface area contributed by atoms with Crippen molar-refractivity contribution in [2.45, 2.75) is 6.92 Å². The van der Waals surface area contributed by atoms with Crippen LogP contribution in [0.2, 0.25) is 0 Å². The average molecular weight is 392 g/mol. The van der Waals surface area contributed by atoms with Gasteiger partial charge < -0.3 is 5.32 Å². The summed E-state index contributed by atoms with van der Waals surface area (Å²) in [5.74, 6) is -2.38. The Kier molecular flexibility index (Phi) is 5.94. The first kappa shape index (κ1) is 19.7. The van der Waals surface area contributed by atoms with Gasteiger partial charge in [0.25, 0.3) is 17.7 Å². The Morgan fingerprint density at radius 3 is 2.28 bits per heavy atom. The number of halogens is 1. The molecule has 0 saturated carbocycles. The Balaban J connectivity index is 1.69. The fraction of sp³-hybridized carbons (Fsp3) is 0.0476. The van der Waals surface area contributed by atoms with E-state index >= 15 is 0 Å². The fourth-order valence-corrected chi connectivity index (χ4v) is 2.49. The third kappa shape index (κ3) is 4.81. The van der Waals surface area contributed by atoms with Crippen molar-refractivity contribution in [1.29, 1.82) is 0 Å². The van der Waals surface area contributed by atoms with Crippen molar-refractivity contribution in [1.82, 2.24) is 15.8 Å². The first-order valence-corrected chi connectivity index (χ1v) is 8.63. The van der Waals surface area contributed by atoms with E-state index in [0.29, 0.717) is 11.3 Å². The Morgan fingerprint density at radius 2 is 1.59 bits per heavy atom. The molecular formula is C21H17FN4O3. The Labute approximate surface area is 165 Å². The number of nitrogens with zero attached hydrogens (tertiary/aromatic N) is 1. The number of carbonyl (C=O) groups is 3. The van der Waals surface area contributed by atoms with Crippen molar-refractivity contribution < 1.29 is 18.8 Å². The molecule has 29 heavy (non-hydrogen) atoms. The number of amides is 3. The lowest BCUT2D eigenvalue weighted by atomic mass is 10.1. The largest absolute Gasteiger partial charge is 0.322 e. The molecule has 3 aromatic rings. The quantitative estimate of drug-likeness (QED) is 0.595. The number of hydrogen-bond donors (Lipinski definition) is 3. The van der Waals surface area contributed by atoms with Crippen LogP contribution in [0.3, 0.4) is 0 Å². The molecule has 1 aromatic heterocycles. The summed E-state index contributed by atoms with van der Waals surface area (Å²) in [5.41, 5.74) is 6.01. The zero-order chi connectivity index (χ0) is 20.8. The van der Waals surface area contributed by atoms with E-state index in [1.54, 1.807) is 37.3 Å². The van der Waals surface area contributed by atoms with Gasteiger partial charge in [-0.05, 0) is 48.9 Å². The summed E-state index contributed by atoms with van der Waals surface area (Å²) < 4.78 is 13.8. The summed E-state index contributed by atoms with van der Waals surface area (Å²) in [4.78, 5) is 40.5. The van der Waals surface area contributed by atoms with Crippen LogP contribution in [0.15, 0.2) is 67.0 Å². The van der Waals surface area contributed by atoms with Gasteiger partial charge in [0.1, 0.15) is 5.82 Å². The maximum atomic E-state index is 13.8. The molecule has 146 valence electrons. The third-order valence-electron chi connectivity index (χ3n) is 4.08. The normalized spacial score (nSPS) is 10.1. The molecule has 0 spiro atoms. The van der Waals surface area contributed by atoms with Gasteiger partial charge in [-0.15, -0.1) is 0 Å². The van der Waals surface area contributed by atoms with Crippen molar-refractivity contribution in [2.75, 3.05) is 5.32 Å². The maximum Gasteiger partial charge on any atom is 0.271 e. The SMILES string of the molecule is Cc1ccc(C(=O)NNC(=O)c2cccnc2)cc1NC(=O)c1ccccc1F. The molecule has 0 fully saturated rings. The summed E-state index contributed by atoms with van der Waals surface area (Å²) in [7, 11) is 0. The molecule has 7 nitrogen and oxygen atoms in total. The molecule has 3 N–H and O–H groups in total. The summed E-state index contributed by atoms with van der Waals surface area (Å²) in [6.07, 6.45) is 2.89. The molecule has 0 saturated heterocycles. The van der Waals surface area contributed by atoms with Crippen molar-refractivity contribution in [3.63, 3.8) is 0 Å². The van der Waals surface area contributed by atoms with Crippen molar-refractivity contribution in [3.8, 4) is 0 Å². The first-order chi connectivity index (χ1) is 14.0. The van der Waals surface area contributed by atoms with E-state index in [0.717, 1.165) is 0 Å². The number of aryl methyl sites for hydroxylation is 1. The number of pyridine rings is 1. The van der Waals surface area contributed by atoms with E-state index in [1.165, 1.54) is 36.7 Å². The highest BCUT2D eigenvalue weighted by Gasteiger charge is 2.15. The van der Waals surface area contributed by atoms with Crippen LogP contribution in [-0.4, -0.2) is 22.7 Å². The molecule has 3 amide bonds. The topological polar surface area (TPSA) is 100 Å². The van der Waals surface area contributed by atoms with Crippen molar-refractivity contribution in [2.24, 2.45) is 0 Å². The van der Waals surface area contributed by atoms with E-state index in [1.807, 2.05) is 0 Å². The number of hydrazine groups is 1. The van der Waals surface area contributed by atoms with Gasteiger partial charge in [0, 0.05) is 23.6 Å². The van der Waals surface area contributed by atoms with Gasteiger partial charge in [-0.3, -0.25) is 30.2 Å². The van der Waals surface area contributed by atoms with E-state index in [-0.39, 0.29) is 16.7 Å². The zero-order valence-electron chi connectivity index (χ0n) is 15.4. The molecule has 0 aliphatic heterocycles. The molecule has 0 atom stereocenters.